The molecule has 0 unspecified atom stereocenters. The molecule has 0 radical (unpaired) electrons. The molecule has 0 aliphatic rings. The number of rotatable bonds is 8. The quantitative estimate of drug-likeness (QED) is 0.400. The predicted molar refractivity (Wildman–Crippen MR) is 87.0 cm³/mol. The first-order valence-electron chi connectivity index (χ1n) is 6.57. The number of aromatic nitrogens is 2. The summed E-state index contributed by atoms with van der Waals surface area (Å²) in [6, 6.07) is 5.69. The van der Waals surface area contributed by atoms with Crippen LogP contribution in [0.5, 0.6) is 0 Å². The molecule has 2 rings (SSSR count). The van der Waals surface area contributed by atoms with Gasteiger partial charge in [0, 0.05) is 17.7 Å². The third kappa shape index (κ3) is 5.41. The van der Waals surface area contributed by atoms with E-state index in [-0.39, 0.29) is 11.6 Å². The van der Waals surface area contributed by atoms with Crippen molar-refractivity contribution in [1.29, 1.82) is 0 Å². The standard InChI is InChI=1S/C14H15FN2OS3/c1-2-19-13-16-17-14(21-13)20-9-3-4-12(18)10-5-7-11(15)8-6-10/h5-8H,2-4,9H2,1H3. The SMILES string of the molecule is CCSc1nnc(SCCCC(=O)c2ccc(F)cc2)s1. The van der Waals surface area contributed by atoms with Gasteiger partial charge in [-0.25, -0.2) is 4.39 Å². The molecule has 0 fully saturated rings. The molecule has 1 heterocycles. The van der Waals surface area contributed by atoms with E-state index in [0.717, 1.165) is 26.6 Å². The Morgan fingerprint density at radius 2 is 1.86 bits per heavy atom. The number of hydrogen-bond donors (Lipinski definition) is 0. The lowest BCUT2D eigenvalue weighted by atomic mass is 10.1. The number of thioether (sulfide) groups is 2. The number of carbonyl (C=O) groups excluding carboxylic acids is 1. The van der Waals surface area contributed by atoms with Crippen LogP contribution in [0.25, 0.3) is 0 Å². The third-order valence-corrected chi connectivity index (χ3v) is 5.75. The summed E-state index contributed by atoms with van der Waals surface area (Å²) in [6.45, 7) is 2.08. The Bertz CT molecular complexity index is 586. The summed E-state index contributed by atoms with van der Waals surface area (Å²) >= 11 is 4.90. The molecule has 1 aromatic carbocycles. The van der Waals surface area contributed by atoms with E-state index in [2.05, 4.69) is 17.1 Å². The zero-order chi connectivity index (χ0) is 15.1. The molecule has 2 aromatic rings. The van der Waals surface area contributed by atoms with Crippen LogP contribution in [0.2, 0.25) is 0 Å². The summed E-state index contributed by atoms with van der Waals surface area (Å²) in [6.07, 6.45) is 1.24. The molecule has 0 aliphatic heterocycles. The highest BCUT2D eigenvalue weighted by Gasteiger charge is 2.07. The van der Waals surface area contributed by atoms with Crippen molar-refractivity contribution in [3.05, 3.63) is 35.6 Å². The molecule has 21 heavy (non-hydrogen) atoms. The molecule has 0 aliphatic carbocycles. The second kappa shape index (κ2) is 8.51. The molecule has 0 atom stereocenters. The predicted octanol–water partition coefficient (Wildman–Crippen LogP) is 4.54. The van der Waals surface area contributed by atoms with Gasteiger partial charge in [-0.2, -0.15) is 0 Å². The number of benzene rings is 1. The number of Topliss-reactive ketones (excluding diaryl/α,β-unsaturated/α-hetero) is 1. The molecular formula is C14H15FN2OS3. The number of halogens is 1. The van der Waals surface area contributed by atoms with E-state index in [4.69, 9.17) is 0 Å². The van der Waals surface area contributed by atoms with Crippen LogP contribution >= 0.6 is 34.9 Å². The van der Waals surface area contributed by atoms with Gasteiger partial charge in [0.05, 0.1) is 0 Å². The van der Waals surface area contributed by atoms with E-state index < -0.39 is 0 Å². The van der Waals surface area contributed by atoms with E-state index in [1.807, 2.05) is 0 Å². The summed E-state index contributed by atoms with van der Waals surface area (Å²) in [5.74, 6) is 1.55. The maximum atomic E-state index is 12.8. The Morgan fingerprint density at radius 3 is 2.52 bits per heavy atom. The summed E-state index contributed by atoms with van der Waals surface area (Å²) in [5, 5.41) is 8.19. The molecule has 0 spiro atoms. The van der Waals surface area contributed by atoms with Gasteiger partial charge in [-0.3, -0.25) is 4.79 Å². The van der Waals surface area contributed by atoms with Crippen molar-refractivity contribution >= 4 is 40.6 Å². The second-order valence-electron chi connectivity index (χ2n) is 4.15. The van der Waals surface area contributed by atoms with Gasteiger partial charge in [0.1, 0.15) is 5.82 Å². The van der Waals surface area contributed by atoms with Gasteiger partial charge < -0.3 is 0 Å². The van der Waals surface area contributed by atoms with Crippen LogP contribution in [-0.2, 0) is 0 Å². The minimum Gasteiger partial charge on any atom is -0.294 e. The lowest BCUT2D eigenvalue weighted by molar-refractivity contribution is 0.0982. The number of carbonyl (C=O) groups is 1. The van der Waals surface area contributed by atoms with Gasteiger partial charge in [0.2, 0.25) is 0 Å². The van der Waals surface area contributed by atoms with Gasteiger partial charge in [-0.05, 0) is 36.4 Å². The van der Waals surface area contributed by atoms with E-state index in [1.54, 1.807) is 34.9 Å². The van der Waals surface area contributed by atoms with Gasteiger partial charge in [0.15, 0.2) is 14.5 Å². The molecule has 3 nitrogen and oxygen atoms in total. The monoisotopic (exact) mass is 342 g/mol. The van der Waals surface area contributed by atoms with Crippen molar-refractivity contribution in [3.8, 4) is 0 Å². The van der Waals surface area contributed by atoms with Crippen LogP contribution in [-0.4, -0.2) is 27.5 Å². The highest BCUT2D eigenvalue weighted by Crippen LogP contribution is 2.29. The van der Waals surface area contributed by atoms with Gasteiger partial charge in [-0.15, -0.1) is 10.2 Å². The molecule has 1 aromatic heterocycles. The Balaban J connectivity index is 1.71. The van der Waals surface area contributed by atoms with Crippen molar-refractivity contribution in [3.63, 3.8) is 0 Å². The average molecular weight is 342 g/mol. The van der Waals surface area contributed by atoms with Crippen LogP contribution in [0.15, 0.2) is 32.9 Å². The highest BCUT2D eigenvalue weighted by molar-refractivity contribution is 8.03. The van der Waals surface area contributed by atoms with Crippen LogP contribution in [0.3, 0.4) is 0 Å². The Hall–Kier alpha value is -0.920. The van der Waals surface area contributed by atoms with Crippen molar-refractivity contribution in [2.24, 2.45) is 0 Å². The van der Waals surface area contributed by atoms with E-state index in [9.17, 15) is 9.18 Å². The summed E-state index contributed by atoms with van der Waals surface area (Å²) < 4.78 is 14.7. The summed E-state index contributed by atoms with van der Waals surface area (Å²) in [5.41, 5.74) is 0.568. The smallest absolute Gasteiger partial charge is 0.175 e. The first kappa shape index (κ1) is 16.5. The van der Waals surface area contributed by atoms with Gasteiger partial charge in [-0.1, -0.05) is 41.8 Å². The third-order valence-electron chi connectivity index (χ3n) is 2.60. The summed E-state index contributed by atoms with van der Waals surface area (Å²) in [4.78, 5) is 11.9. The highest BCUT2D eigenvalue weighted by atomic mass is 32.2. The molecule has 0 bridgehead atoms. The van der Waals surface area contributed by atoms with E-state index in [1.165, 1.54) is 24.3 Å². The topological polar surface area (TPSA) is 42.9 Å². The van der Waals surface area contributed by atoms with Crippen molar-refractivity contribution < 1.29 is 9.18 Å². The maximum Gasteiger partial charge on any atom is 0.175 e. The Morgan fingerprint density at radius 1 is 1.19 bits per heavy atom. The lowest BCUT2D eigenvalue weighted by Gasteiger charge is -2.00. The van der Waals surface area contributed by atoms with Crippen LogP contribution < -0.4 is 0 Å². The Labute approximate surface area is 135 Å². The maximum absolute atomic E-state index is 12.8. The number of nitrogens with zero attached hydrogens (tertiary/aromatic N) is 2. The fraction of sp³-hybridized carbons (Fsp3) is 0.357. The Kier molecular flexibility index (Phi) is 6.66. The molecule has 0 saturated carbocycles. The first-order valence-corrected chi connectivity index (χ1v) is 9.35. The molecule has 0 N–H and O–H groups in total. The minimum absolute atomic E-state index is 0.0510. The molecule has 0 saturated heterocycles. The van der Waals surface area contributed by atoms with Gasteiger partial charge >= 0.3 is 0 Å². The molecular weight excluding hydrogens is 327 g/mol. The fourth-order valence-electron chi connectivity index (χ4n) is 1.61. The zero-order valence-electron chi connectivity index (χ0n) is 11.5. The average Bonchev–Trinajstić information content (AvgIpc) is 2.92. The van der Waals surface area contributed by atoms with Gasteiger partial charge in [0.25, 0.3) is 0 Å². The molecule has 7 heteroatoms. The lowest BCUT2D eigenvalue weighted by Crippen LogP contribution is -1.99. The number of ketones is 1. The zero-order valence-corrected chi connectivity index (χ0v) is 14.0. The number of hydrogen-bond acceptors (Lipinski definition) is 6. The van der Waals surface area contributed by atoms with E-state index in [0.29, 0.717) is 12.0 Å². The largest absolute Gasteiger partial charge is 0.294 e. The summed E-state index contributed by atoms with van der Waals surface area (Å²) in [7, 11) is 0. The van der Waals surface area contributed by atoms with E-state index >= 15 is 0 Å². The van der Waals surface area contributed by atoms with Crippen LogP contribution in [0, 0.1) is 5.82 Å². The van der Waals surface area contributed by atoms with Crippen LogP contribution in [0.4, 0.5) is 4.39 Å². The van der Waals surface area contributed by atoms with Crippen molar-refractivity contribution in [1.82, 2.24) is 10.2 Å². The fourth-order valence-corrected chi connectivity index (χ4v) is 4.54. The second-order valence-corrected chi connectivity index (χ2v) is 7.98. The van der Waals surface area contributed by atoms with Crippen LogP contribution in [0.1, 0.15) is 30.1 Å². The first-order chi connectivity index (χ1) is 10.2. The molecule has 0 amide bonds. The minimum atomic E-state index is -0.320. The molecule has 112 valence electrons. The van der Waals surface area contributed by atoms with Crippen molar-refractivity contribution in [2.45, 2.75) is 28.4 Å². The van der Waals surface area contributed by atoms with Crippen molar-refractivity contribution in [2.75, 3.05) is 11.5 Å². The normalized spacial score (nSPS) is 10.8.